The Morgan fingerprint density at radius 1 is 1.17 bits per heavy atom. The van der Waals surface area contributed by atoms with E-state index in [-0.39, 0.29) is 0 Å². The van der Waals surface area contributed by atoms with Crippen LogP contribution in [0.2, 0.25) is 0 Å². The van der Waals surface area contributed by atoms with E-state index in [9.17, 15) is 14.7 Å². The first-order valence-corrected chi connectivity index (χ1v) is 7.85. The lowest BCUT2D eigenvalue weighted by atomic mass is 9.95. The van der Waals surface area contributed by atoms with E-state index in [0.29, 0.717) is 23.5 Å². The van der Waals surface area contributed by atoms with Crippen molar-refractivity contribution in [3.63, 3.8) is 0 Å². The Balaban J connectivity index is 2.16. The van der Waals surface area contributed by atoms with E-state index in [1.807, 2.05) is 6.92 Å². The average Bonchev–Trinajstić information content (AvgIpc) is 2.60. The average molecular weight is 325 g/mol. The smallest absolute Gasteiger partial charge is 0.329 e. The van der Waals surface area contributed by atoms with Gasteiger partial charge in [0.2, 0.25) is 0 Å². The van der Waals surface area contributed by atoms with Gasteiger partial charge in [0.1, 0.15) is 0 Å². The molecule has 1 aliphatic heterocycles. The van der Waals surface area contributed by atoms with E-state index in [0.717, 1.165) is 11.3 Å². The lowest BCUT2D eigenvalue weighted by Crippen LogP contribution is -2.62. The molecule has 0 spiro atoms. The largest absolute Gasteiger partial charge is 0.359 e. The number of hydrogen-bond donors (Lipinski definition) is 3. The predicted molar refractivity (Wildman–Crippen MR) is 91.6 cm³/mol. The molecule has 3 rings (SSSR count). The molecule has 0 saturated carbocycles. The van der Waals surface area contributed by atoms with Gasteiger partial charge in [-0.25, -0.2) is 4.79 Å². The van der Waals surface area contributed by atoms with Crippen LogP contribution in [0.25, 0.3) is 0 Å². The highest BCUT2D eigenvalue weighted by molar-refractivity contribution is 6.11. The summed E-state index contributed by atoms with van der Waals surface area (Å²) in [5, 5.41) is 16.8. The molecule has 1 aliphatic rings. The summed E-state index contributed by atoms with van der Waals surface area (Å²) in [5.74, 6) is -0.629. The Hall–Kier alpha value is -2.86. The van der Waals surface area contributed by atoms with E-state index in [2.05, 4.69) is 10.6 Å². The van der Waals surface area contributed by atoms with Crippen LogP contribution in [0.15, 0.2) is 54.6 Å². The summed E-state index contributed by atoms with van der Waals surface area (Å²) in [6, 6.07) is 14.8. The molecule has 0 radical (unpaired) electrons. The summed E-state index contributed by atoms with van der Waals surface area (Å²) < 4.78 is 0. The molecule has 1 heterocycles. The van der Waals surface area contributed by atoms with Crippen LogP contribution in [0.4, 0.5) is 16.2 Å². The first-order chi connectivity index (χ1) is 11.6. The third-order valence-electron chi connectivity index (χ3n) is 3.94. The molecule has 6 heteroatoms. The fourth-order valence-corrected chi connectivity index (χ4v) is 2.80. The number of carbonyl (C=O) groups excluding carboxylic acids is 2. The van der Waals surface area contributed by atoms with E-state index in [4.69, 9.17) is 0 Å². The number of nitrogens with one attached hydrogen (secondary N) is 2. The predicted octanol–water partition coefficient (Wildman–Crippen LogP) is 2.41. The minimum Gasteiger partial charge on any atom is -0.359 e. The van der Waals surface area contributed by atoms with Crippen molar-refractivity contribution in [3.8, 4) is 0 Å². The fourth-order valence-electron chi connectivity index (χ4n) is 2.80. The summed E-state index contributed by atoms with van der Waals surface area (Å²) in [6.45, 7) is 2.33. The minimum atomic E-state index is -2.12. The molecule has 1 atom stereocenters. The molecule has 0 aromatic heterocycles. The number of benzene rings is 2. The van der Waals surface area contributed by atoms with Gasteiger partial charge in [-0.15, -0.1) is 0 Å². The summed E-state index contributed by atoms with van der Waals surface area (Å²) in [5.41, 5.74) is -0.931. The number of nitrogens with zero attached hydrogens (tertiary/aromatic N) is 1. The Morgan fingerprint density at radius 2 is 1.83 bits per heavy atom. The van der Waals surface area contributed by atoms with Crippen LogP contribution in [0.3, 0.4) is 0 Å². The van der Waals surface area contributed by atoms with Crippen LogP contribution in [-0.2, 0) is 10.5 Å². The summed E-state index contributed by atoms with van der Waals surface area (Å²) in [7, 11) is 0. The maximum absolute atomic E-state index is 12.8. The van der Waals surface area contributed by atoms with Crippen molar-refractivity contribution >= 4 is 23.3 Å². The van der Waals surface area contributed by atoms with E-state index < -0.39 is 17.7 Å². The minimum absolute atomic E-state index is 0.335. The first kappa shape index (κ1) is 16.0. The van der Waals surface area contributed by atoms with E-state index >= 15 is 0 Å². The van der Waals surface area contributed by atoms with Gasteiger partial charge < -0.3 is 15.7 Å². The van der Waals surface area contributed by atoms with Crippen LogP contribution >= 0.6 is 0 Å². The number of urea groups is 1. The molecule has 0 aliphatic carbocycles. The van der Waals surface area contributed by atoms with Crippen molar-refractivity contribution in [3.05, 3.63) is 60.2 Å². The molecule has 3 amide bonds. The summed E-state index contributed by atoms with van der Waals surface area (Å²) >= 11 is 0. The lowest BCUT2D eigenvalue weighted by Gasteiger charge is -2.42. The summed E-state index contributed by atoms with van der Waals surface area (Å²) in [4.78, 5) is 26.5. The second kappa shape index (κ2) is 6.33. The molecule has 6 nitrogen and oxygen atoms in total. The first-order valence-electron chi connectivity index (χ1n) is 7.85. The molecular formula is C18H19N3O3. The second-order valence-corrected chi connectivity index (χ2v) is 5.57. The number of fused-ring (bicyclic) bond motifs is 1. The Kier molecular flexibility index (Phi) is 4.22. The number of para-hydroxylation sites is 2. The topological polar surface area (TPSA) is 81.7 Å². The quantitative estimate of drug-likeness (QED) is 0.807. The zero-order valence-electron chi connectivity index (χ0n) is 13.3. The number of rotatable bonds is 4. The second-order valence-electron chi connectivity index (χ2n) is 5.57. The molecular weight excluding hydrogens is 306 g/mol. The standard InChI is InChI=1S/C18H19N3O3/c1-2-12-19-16(22)18(24)14-10-6-7-11-15(14)20-17(23)21(18)13-8-4-3-5-9-13/h3-11,24H,2,12H2,1H3,(H,19,22)(H,20,23)/t18-/m0/s1. The molecule has 2 aromatic carbocycles. The molecule has 24 heavy (non-hydrogen) atoms. The van der Waals surface area contributed by atoms with Crippen LogP contribution in [0.5, 0.6) is 0 Å². The normalized spacial score (nSPS) is 19.4. The van der Waals surface area contributed by atoms with E-state index in [1.165, 1.54) is 0 Å². The zero-order chi connectivity index (χ0) is 17.2. The highest BCUT2D eigenvalue weighted by Gasteiger charge is 2.51. The van der Waals surface area contributed by atoms with Crippen molar-refractivity contribution in [2.45, 2.75) is 19.1 Å². The van der Waals surface area contributed by atoms with Crippen molar-refractivity contribution in [1.82, 2.24) is 5.32 Å². The van der Waals surface area contributed by atoms with Gasteiger partial charge in [-0.1, -0.05) is 43.3 Å². The third-order valence-corrected chi connectivity index (χ3v) is 3.94. The van der Waals surface area contributed by atoms with Crippen molar-refractivity contribution in [2.75, 3.05) is 16.8 Å². The van der Waals surface area contributed by atoms with Gasteiger partial charge >= 0.3 is 6.03 Å². The van der Waals surface area contributed by atoms with Gasteiger partial charge in [-0.3, -0.25) is 9.69 Å². The lowest BCUT2D eigenvalue weighted by molar-refractivity contribution is -0.140. The van der Waals surface area contributed by atoms with Gasteiger partial charge in [0, 0.05) is 17.8 Å². The third kappa shape index (κ3) is 2.51. The molecule has 3 N–H and O–H groups in total. The SMILES string of the molecule is CCCNC(=O)[C@@]1(O)c2ccccc2NC(=O)N1c1ccccc1. The number of aliphatic hydroxyl groups is 1. The molecule has 0 unspecified atom stereocenters. The van der Waals surface area contributed by atoms with Crippen molar-refractivity contribution in [1.29, 1.82) is 0 Å². The highest BCUT2D eigenvalue weighted by Crippen LogP contribution is 2.39. The molecule has 0 bridgehead atoms. The molecule has 2 aromatic rings. The Bertz CT molecular complexity index is 763. The fraction of sp³-hybridized carbons (Fsp3) is 0.222. The number of carbonyl (C=O) groups is 2. The molecule has 0 saturated heterocycles. The van der Waals surface area contributed by atoms with Gasteiger partial charge in [0.25, 0.3) is 11.6 Å². The number of anilines is 2. The van der Waals surface area contributed by atoms with Gasteiger partial charge in [-0.05, 0) is 24.6 Å². The maximum atomic E-state index is 12.8. The maximum Gasteiger partial charge on any atom is 0.329 e. The van der Waals surface area contributed by atoms with Gasteiger partial charge in [0.15, 0.2) is 0 Å². The van der Waals surface area contributed by atoms with Crippen LogP contribution in [0, 0.1) is 0 Å². The van der Waals surface area contributed by atoms with Crippen molar-refractivity contribution < 1.29 is 14.7 Å². The highest BCUT2D eigenvalue weighted by atomic mass is 16.3. The van der Waals surface area contributed by atoms with Gasteiger partial charge in [0.05, 0.1) is 5.69 Å². The van der Waals surface area contributed by atoms with Crippen LogP contribution in [-0.4, -0.2) is 23.6 Å². The monoisotopic (exact) mass is 325 g/mol. The Morgan fingerprint density at radius 3 is 2.54 bits per heavy atom. The zero-order valence-corrected chi connectivity index (χ0v) is 13.3. The van der Waals surface area contributed by atoms with Gasteiger partial charge in [-0.2, -0.15) is 0 Å². The number of hydrogen-bond acceptors (Lipinski definition) is 3. The van der Waals surface area contributed by atoms with Crippen LogP contribution in [0.1, 0.15) is 18.9 Å². The van der Waals surface area contributed by atoms with Crippen molar-refractivity contribution in [2.24, 2.45) is 0 Å². The molecule has 0 fully saturated rings. The van der Waals surface area contributed by atoms with E-state index in [1.54, 1.807) is 54.6 Å². The van der Waals surface area contributed by atoms with Crippen LogP contribution < -0.4 is 15.5 Å². The molecule has 124 valence electrons. The summed E-state index contributed by atoms with van der Waals surface area (Å²) in [6.07, 6.45) is 0.723. The Labute approximate surface area is 140 Å². The number of amides is 3.